The number of nitrogens with zero attached hydrogens (tertiary/aromatic N) is 6. The number of aryl methyl sites for hydroxylation is 1. The minimum atomic E-state index is -0.0757. The summed E-state index contributed by atoms with van der Waals surface area (Å²) in [6, 6.07) is 8.42. The Morgan fingerprint density at radius 1 is 1.00 bits per heavy atom. The second kappa shape index (κ2) is 10.2. The third-order valence-electron chi connectivity index (χ3n) is 6.98. The first-order chi connectivity index (χ1) is 17.7. The number of aromatic nitrogens is 5. The lowest BCUT2D eigenvalue weighted by Crippen LogP contribution is -2.36. The van der Waals surface area contributed by atoms with Crippen LogP contribution in [0, 0.1) is 6.92 Å². The van der Waals surface area contributed by atoms with E-state index in [9.17, 15) is 0 Å². The fraction of sp³-hybridized carbons (Fsp3) is 0.407. The molecule has 0 aromatic carbocycles. The van der Waals surface area contributed by atoms with Crippen molar-refractivity contribution in [3.8, 4) is 22.5 Å². The Morgan fingerprint density at radius 3 is 2.67 bits per heavy atom. The van der Waals surface area contributed by atoms with Gasteiger partial charge < -0.3 is 14.4 Å². The highest BCUT2D eigenvalue weighted by molar-refractivity contribution is 7.98. The first-order valence-corrected chi connectivity index (χ1v) is 13.7. The average molecular weight is 503 g/mol. The molecule has 0 bridgehead atoms. The van der Waals surface area contributed by atoms with Gasteiger partial charge in [-0.25, -0.2) is 14.6 Å². The summed E-state index contributed by atoms with van der Waals surface area (Å²) in [7, 11) is 0. The SMILES string of the molecule is CSc1cc(C)c(-c2cc(N3CCOCC3)nc3c(-c4ccnn4C4CCCCO4)nccc23)cn1. The van der Waals surface area contributed by atoms with E-state index >= 15 is 0 Å². The van der Waals surface area contributed by atoms with E-state index in [1.165, 1.54) is 5.56 Å². The van der Waals surface area contributed by atoms with Crippen LogP contribution in [0.5, 0.6) is 0 Å². The van der Waals surface area contributed by atoms with Crippen LogP contribution >= 0.6 is 11.8 Å². The lowest BCUT2D eigenvalue weighted by atomic mass is 9.98. The Labute approximate surface area is 215 Å². The van der Waals surface area contributed by atoms with Crippen LogP contribution in [0.1, 0.15) is 31.1 Å². The van der Waals surface area contributed by atoms with Crippen LogP contribution in [0.15, 0.2) is 47.9 Å². The standard InChI is InChI=1S/C27H30N6O2S/c1-18-15-24(36-2)29-17-21(18)20-16-23(32-10-13-34-14-11-32)31-26-19(20)6-8-28-27(26)22-7-9-30-33(22)25-5-3-4-12-35-25/h6-9,15-17,25H,3-5,10-14H2,1-2H3. The van der Waals surface area contributed by atoms with Gasteiger partial charge in [0.25, 0.3) is 0 Å². The van der Waals surface area contributed by atoms with Crippen molar-refractivity contribution in [3.05, 3.63) is 48.4 Å². The summed E-state index contributed by atoms with van der Waals surface area (Å²) in [6.07, 6.45) is 10.8. The molecule has 0 aliphatic carbocycles. The number of rotatable bonds is 5. The molecule has 0 saturated carbocycles. The summed E-state index contributed by atoms with van der Waals surface area (Å²) in [5.41, 5.74) is 6.02. The molecule has 4 aromatic heterocycles. The maximum absolute atomic E-state index is 6.07. The summed E-state index contributed by atoms with van der Waals surface area (Å²) in [4.78, 5) is 17.0. The first kappa shape index (κ1) is 23.4. The number of anilines is 1. The molecule has 6 heterocycles. The Balaban J connectivity index is 1.56. The highest BCUT2D eigenvalue weighted by atomic mass is 32.2. The molecule has 9 heteroatoms. The minimum Gasteiger partial charge on any atom is -0.378 e. The van der Waals surface area contributed by atoms with Crippen LogP contribution in [-0.4, -0.2) is 63.9 Å². The van der Waals surface area contributed by atoms with Gasteiger partial charge in [-0.1, -0.05) is 0 Å². The molecule has 6 rings (SSSR count). The molecule has 8 nitrogen and oxygen atoms in total. The van der Waals surface area contributed by atoms with Gasteiger partial charge in [0.05, 0.1) is 23.9 Å². The third-order valence-corrected chi connectivity index (χ3v) is 7.62. The topological polar surface area (TPSA) is 78.2 Å². The molecule has 0 N–H and O–H groups in total. The van der Waals surface area contributed by atoms with Crippen molar-refractivity contribution in [3.63, 3.8) is 0 Å². The predicted octanol–water partition coefficient (Wildman–Crippen LogP) is 5.12. The molecule has 1 unspecified atom stereocenters. The van der Waals surface area contributed by atoms with Gasteiger partial charge in [-0.15, -0.1) is 11.8 Å². The number of ether oxygens (including phenoxy) is 2. The molecule has 2 saturated heterocycles. The molecule has 36 heavy (non-hydrogen) atoms. The van der Waals surface area contributed by atoms with Gasteiger partial charge in [0, 0.05) is 49.2 Å². The van der Waals surface area contributed by atoms with Gasteiger partial charge in [-0.05, 0) is 67.8 Å². The molecule has 0 spiro atoms. The highest BCUT2D eigenvalue weighted by Gasteiger charge is 2.24. The van der Waals surface area contributed by atoms with Crippen LogP contribution in [0.25, 0.3) is 33.4 Å². The van der Waals surface area contributed by atoms with E-state index in [0.29, 0.717) is 13.2 Å². The maximum atomic E-state index is 6.07. The fourth-order valence-electron chi connectivity index (χ4n) is 5.07. The zero-order chi connectivity index (χ0) is 24.5. The van der Waals surface area contributed by atoms with Crippen molar-refractivity contribution in [1.29, 1.82) is 0 Å². The number of hydrogen-bond donors (Lipinski definition) is 0. The van der Waals surface area contributed by atoms with Crippen LogP contribution in [0.3, 0.4) is 0 Å². The van der Waals surface area contributed by atoms with E-state index in [2.05, 4.69) is 41.4 Å². The lowest BCUT2D eigenvalue weighted by Gasteiger charge is -2.29. The Kier molecular flexibility index (Phi) is 6.60. The second-order valence-electron chi connectivity index (χ2n) is 9.21. The van der Waals surface area contributed by atoms with Crippen molar-refractivity contribution in [2.45, 2.75) is 37.4 Å². The lowest BCUT2D eigenvalue weighted by molar-refractivity contribution is -0.0383. The predicted molar refractivity (Wildman–Crippen MR) is 142 cm³/mol. The van der Waals surface area contributed by atoms with Gasteiger partial charge in [0.2, 0.25) is 0 Å². The number of fused-ring (bicyclic) bond motifs is 1. The summed E-state index contributed by atoms with van der Waals surface area (Å²) in [5.74, 6) is 0.934. The molecule has 1 atom stereocenters. The van der Waals surface area contributed by atoms with E-state index in [-0.39, 0.29) is 6.23 Å². The second-order valence-corrected chi connectivity index (χ2v) is 10.0. The zero-order valence-electron chi connectivity index (χ0n) is 20.7. The van der Waals surface area contributed by atoms with E-state index in [1.54, 1.807) is 11.8 Å². The van der Waals surface area contributed by atoms with Crippen molar-refractivity contribution in [2.24, 2.45) is 0 Å². The van der Waals surface area contributed by atoms with Crippen LogP contribution in [0.4, 0.5) is 5.82 Å². The number of thioether (sulfide) groups is 1. The molecule has 2 aliphatic heterocycles. The van der Waals surface area contributed by atoms with Crippen molar-refractivity contribution in [1.82, 2.24) is 24.7 Å². The highest BCUT2D eigenvalue weighted by Crippen LogP contribution is 2.38. The average Bonchev–Trinajstić information content (AvgIpc) is 3.43. The van der Waals surface area contributed by atoms with Crippen molar-refractivity contribution >= 4 is 28.5 Å². The van der Waals surface area contributed by atoms with Gasteiger partial charge in [0.15, 0.2) is 6.23 Å². The van der Waals surface area contributed by atoms with Crippen LogP contribution in [0.2, 0.25) is 0 Å². The van der Waals surface area contributed by atoms with Crippen LogP contribution in [-0.2, 0) is 9.47 Å². The summed E-state index contributed by atoms with van der Waals surface area (Å²) in [6.45, 7) is 5.92. The third kappa shape index (κ3) is 4.36. The van der Waals surface area contributed by atoms with Crippen LogP contribution < -0.4 is 4.90 Å². The Bertz CT molecular complexity index is 1380. The van der Waals surface area contributed by atoms with Gasteiger partial charge in [-0.2, -0.15) is 5.10 Å². The van der Waals surface area contributed by atoms with E-state index in [0.717, 1.165) is 83.2 Å². The molecule has 186 valence electrons. The first-order valence-electron chi connectivity index (χ1n) is 12.5. The monoisotopic (exact) mass is 502 g/mol. The largest absolute Gasteiger partial charge is 0.378 e. The van der Waals surface area contributed by atoms with Gasteiger partial charge in [0.1, 0.15) is 17.0 Å². The molecule has 0 radical (unpaired) electrons. The molecular formula is C27H30N6O2S. The Hall–Kier alpha value is -3.01. The number of pyridine rings is 3. The smallest absolute Gasteiger partial charge is 0.150 e. The number of hydrogen-bond acceptors (Lipinski definition) is 8. The minimum absolute atomic E-state index is 0.0757. The molecule has 2 aliphatic rings. The molecule has 4 aromatic rings. The number of morpholine rings is 1. The summed E-state index contributed by atoms with van der Waals surface area (Å²) < 4.78 is 13.7. The quantitative estimate of drug-likeness (QED) is 0.348. The van der Waals surface area contributed by atoms with Gasteiger partial charge in [-0.3, -0.25) is 4.98 Å². The summed E-state index contributed by atoms with van der Waals surface area (Å²) in [5, 5.41) is 6.70. The normalized spacial score (nSPS) is 18.6. The van der Waals surface area contributed by atoms with Crippen molar-refractivity contribution in [2.75, 3.05) is 44.1 Å². The van der Waals surface area contributed by atoms with E-state index < -0.39 is 0 Å². The maximum Gasteiger partial charge on any atom is 0.150 e. The molecular weight excluding hydrogens is 472 g/mol. The zero-order valence-corrected chi connectivity index (χ0v) is 21.5. The van der Waals surface area contributed by atoms with E-state index in [1.807, 2.05) is 29.3 Å². The molecule has 2 fully saturated rings. The summed E-state index contributed by atoms with van der Waals surface area (Å²) >= 11 is 1.66. The molecule has 0 amide bonds. The van der Waals surface area contributed by atoms with Crippen molar-refractivity contribution < 1.29 is 9.47 Å². The Morgan fingerprint density at radius 2 is 1.89 bits per heavy atom. The van der Waals surface area contributed by atoms with E-state index in [4.69, 9.17) is 24.4 Å². The van der Waals surface area contributed by atoms with Gasteiger partial charge >= 0.3 is 0 Å². The fourth-order valence-corrected chi connectivity index (χ4v) is 5.53.